The Balaban J connectivity index is 1.67. The van der Waals surface area contributed by atoms with Crippen LogP contribution in [0.15, 0.2) is 85.5 Å². The van der Waals surface area contributed by atoms with Gasteiger partial charge in [0, 0.05) is 30.2 Å². The molecule has 0 radical (unpaired) electrons. The number of hydrogen-bond acceptors (Lipinski definition) is 6. The van der Waals surface area contributed by atoms with Crippen LogP contribution in [-0.4, -0.2) is 46.1 Å². The number of sulfone groups is 1. The summed E-state index contributed by atoms with van der Waals surface area (Å²) in [4.78, 5) is 28.6. The second kappa shape index (κ2) is 12.7. The molecule has 2 atom stereocenters. The van der Waals surface area contributed by atoms with Gasteiger partial charge in [-0.05, 0) is 65.6 Å². The molecule has 0 spiro atoms. The van der Waals surface area contributed by atoms with Gasteiger partial charge in [0.2, 0.25) is 0 Å². The first-order valence-electron chi connectivity index (χ1n) is 12.7. The molecule has 41 heavy (non-hydrogen) atoms. The van der Waals surface area contributed by atoms with Gasteiger partial charge in [0.05, 0.1) is 12.4 Å². The molecule has 0 fully saturated rings. The number of imidazole rings is 1. The third-order valence-corrected chi connectivity index (χ3v) is 8.45. The van der Waals surface area contributed by atoms with Crippen molar-refractivity contribution in [1.29, 1.82) is 0 Å². The topological polar surface area (TPSA) is 130 Å². The lowest BCUT2D eigenvalue weighted by Gasteiger charge is -2.22. The number of rotatable bonds is 12. The Hall–Kier alpha value is -4.58. The molecule has 0 saturated heterocycles. The van der Waals surface area contributed by atoms with Crippen LogP contribution in [0.3, 0.4) is 0 Å². The van der Waals surface area contributed by atoms with E-state index in [0.717, 1.165) is 5.56 Å². The number of aromatic nitrogens is 2. The molecule has 1 unspecified atom stereocenters. The molecule has 1 heterocycles. The molecule has 0 bridgehead atoms. The van der Waals surface area contributed by atoms with Crippen LogP contribution >= 0.6 is 0 Å². The van der Waals surface area contributed by atoms with Crippen LogP contribution in [-0.2, 0) is 21.2 Å². The Morgan fingerprint density at radius 2 is 1.66 bits per heavy atom. The highest BCUT2D eigenvalue weighted by Gasteiger charge is 2.31. The van der Waals surface area contributed by atoms with Crippen LogP contribution in [0.1, 0.15) is 35.3 Å². The minimum Gasteiger partial charge on any atom is -0.480 e. The summed E-state index contributed by atoms with van der Waals surface area (Å²) in [7, 11) is -4.17. The number of carbonyl (C=O) groups excluding carboxylic acids is 1. The van der Waals surface area contributed by atoms with Crippen molar-refractivity contribution in [3.05, 3.63) is 108 Å². The maximum absolute atomic E-state index is 13.7. The van der Waals surface area contributed by atoms with Gasteiger partial charge in [-0.15, -0.1) is 0 Å². The number of halogens is 2. The summed E-state index contributed by atoms with van der Waals surface area (Å²) >= 11 is 0. The standard InChI is InChI=1S/C29H28F2N4O5S/c1-2-27(29(37)38)41(39,40)18-33-28(36)24-12-11-23(15-25(24)19-3-7-21(30)8-4-19)34-26(16-35-14-13-32-17-35)20-5-9-22(31)10-6-20/h3-15,17,26-27,34H,2,16,18H2,1H3,(H,33,36)(H,37,38)/t26?,27-/m0/s1. The van der Waals surface area contributed by atoms with Crippen LogP contribution in [0, 0.1) is 11.6 Å². The lowest BCUT2D eigenvalue weighted by molar-refractivity contribution is -0.136. The van der Waals surface area contributed by atoms with Gasteiger partial charge in [0.15, 0.2) is 15.1 Å². The fraction of sp³-hybridized carbons (Fsp3) is 0.207. The average Bonchev–Trinajstić information content (AvgIpc) is 3.45. The molecule has 12 heteroatoms. The van der Waals surface area contributed by atoms with Gasteiger partial charge in [-0.1, -0.05) is 31.2 Å². The molecular formula is C29H28F2N4O5S. The van der Waals surface area contributed by atoms with Crippen LogP contribution in [0.25, 0.3) is 11.1 Å². The van der Waals surface area contributed by atoms with E-state index in [0.29, 0.717) is 23.4 Å². The van der Waals surface area contributed by atoms with E-state index in [9.17, 15) is 31.9 Å². The van der Waals surface area contributed by atoms with Crippen molar-refractivity contribution in [2.75, 3.05) is 11.2 Å². The van der Waals surface area contributed by atoms with E-state index in [1.165, 1.54) is 49.4 Å². The predicted octanol–water partition coefficient (Wildman–Crippen LogP) is 4.65. The maximum Gasteiger partial charge on any atom is 0.321 e. The molecule has 3 N–H and O–H groups in total. The summed E-state index contributed by atoms with van der Waals surface area (Å²) in [5, 5.41) is 13.3. The van der Waals surface area contributed by atoms with Gasteiger partial charge in [-0.2, -0.15) is 0 Å². The largest absolute Gasteiger partial charge is 0.480 e. The second-order valence-corrected chi connectivity index (χ2v) is 11.5. The van der Waals surface area contributed by atoms with Crippen LogP contribution in [0.2, 0.25) is 0 Å². The van der Waals surface area contributed by atoms with Crippen molar-refractivity contribution < 1.29 is 31.9 Å². The van der Waals surface area contributed by atoms with E-state index in [1.54, 1.807) is 43.0 Å². The predicted molar refractivity (Wildman–Crippen MR) is 150 cm³/mol. The number of nitrogens with one attached hydrogen (secondary N) is 2. The molecule has 1 aromatic heterocycles. The zero-order valence-electron chi connectivity index (χ0n) is 22.0. The normalized spacial score (nSPS) is 12.9. The summed E-state index contributed by atoms with van der Waals surface area (Å²) in [5.74, 6) is -3.95. The Morgan fingerprint density at radius 1 is 1.00 bits per heavy atom. The van der Waals surface area contributed by atoms with Crippen LogP contribution in [0.4, 0.5) is 14.5 Å². The summed E-state index contributed by atoms with van der Waals surface area (Å²) in [6.45, 7) is 1.88. The molecule has 0 aliphatic carbocycles. The highest BCUT2D eigenvalue weighted by molar-refractivity contribution is 7.92. The van der Waals surface area contributed by atoms with E-state index >= 15 is 0 Å². The SMILES string of the molecule is CC[C@@H](C(=O)O)S(=O)(=O)CNC(=O)c1ccc(NC(Cn2ccnc2)c2ccc(F)cc2)cc1-c1ccc(F)cc1. The van der Waals surface area contributed by atoms with Gasteiger partial charge in [0.25, 0.3) is 5.91 Å². The zero-order chi connectivity index (χ0) is 29.6. The van der Waals surface area contributed by atoms with E-state index < -0.39 is 38.7 Å². The minimum atomic E-state index is -4.17. The van der Waals surface area contributed by atoms with Gasteiger partial charge < -0.3 is 20.3 Å². The Morgan fingerprint density at radius 3 is 2.24 bits per heavy atom. The smallest absolute Gasteiger partial charge is 0.321 e. The highest BCUT2D eigenvalue weighted by atomic mass is 32.2. The van der Waals surface area contributed by atoms with Crippen LogP contribution < -0.4 is 10.6 Å². The monoisotopic (exact) mass is 582 g/mol. The minimum absolute atomic E-state index is 0.105. The molecule has 214 valence electrons. The molecule has 0 saturated carbocycles. The molecule has 3 aromatic carbocycles. The van der Waals surface area contributed by atoms with E-state index in [2.05, 4.69) is 15.6 Å². The first-order valence-corrected chi connectivity index (χ1v) is 14.4. The summed E-state index contributed by atoms with van der Waals surface area (Å²) in [6.07, 6.45) is 4.93. The summed E-state index contributed by atoms with van der Waals surface area (Å²) in [6, 6.07) is 16.0. The van der Waals surface area contributed by atoms with Crippen molar-refractivity contribution in [2.45, 2.75) is 31.2 Å². The number of benzene rings is 3. The van der Waals surface area contributed by atoms with Gasteiger partial charge in [-0.3, -0.25) is 9.59 Å². The molecule has 4 rings (SSSR count). The van der Waals surface area contributed by atoms with Gasteiger partial charge in [0.1, 0.15) is 17.5 Å². The van der Waals surface area contributed by atoms with E-state index in [1.807, 2.05) is 4.57 Å². The fourth-order valence-corrected chi connectivity index (χ4v) is 5.73. The zero-order valence-corrected chi connectivity index (χ0v) is 22.8. The number of carbonyl (C=O) groups is 2. The van der Waals surface area contributed by atoms with Crippen molar-refractivity contribution >= 4 is 27.4 Å². The van der Waals surface area contributed by atoms with Crippen molar-refractivity contribution in [3.8, 4) is 11.1 Å². The number of aliphatic carboxylic acids is 1. The number of hydrogen-bond donors (Lipinski definition) is 3. The number of nitrogens with zero attached hydrogens (tertiary/aromatic N) is 2. The Kier molecular flexibility index (Phi) is 9.13. The maximum atomic E-state index is 13.7. The highest BCUT2D eigenvalue weighted by Crippen LogP contribution is 2.30. The quantitative estimate of drug-likeness (QED) is 0.222. The Labute approximate surface area is 235 Å². The molecule has 4 aromatic rings. The third-order valence-electron chi connectivity index (χ3n) is 6.50. The second-order valence-electron chi connectivity index (χ2n) is 9.32. The molecule has 0 aliphatic rings. The number of carboxylic acids is 1. The van der Waals surface area contributed by atoms with E-state index in [4.69, 9.17) is 0 Å². The number of anilines is 1. The molecular weight excluding hydrogens is 554 g/mol. The summed E-state index contributed by atoms with van der Waals surface area (Å²) in [5.41, 5.74) is 2.36. The van der Waals surface area contributed by atoms with Crippen molar-refractivity contribution in [1.82, 2.24) is 14.9 Å². The van der Waals surface area contributed by atoms with Gasteiger partial charge in [-0.25, -0.2) is 22.2 Å². The Bertz CT molecular complexity index is 1610. The first kappa shape index (κ1) is 29.4. The fourth-order valence-electron chi connectivity index (χ4n) is 4.38. The lowest BCUT2D eigenvalue weighted by atomic mass is 9.97. The first-order chi connectivity index (χ1) is 19.6. The molecule has 9 nitrogen and oxygen atoms in total. The van der Waals surface area contributed by atoms with Crippen molar-refractivity contribution in [3.63, 3.8) is 0 Å². The van der Waals surface area contributed by atoms with Crippen LogP contribution in [0.5, 0.6) is 0 Å². The van der Waals surface area contributed by atoms with E-state index in [-0.39, 0.29) is 23.8 Å². The number of carboxylic acid groups (broad SMARTS) is 1. The lowest BCUT2D eigenvalue weighted by Crippen LogP contribution is -2.38. The average molecular weight is 583 g/mol. The summed E-state index contributed by atoms with van der Waals surface area (Å²) < 4.78 is 54.2. The molecule has 0 aliphatic heterocycles. The third kappa shape index (κ3) is 7.34. The molecule has 1 amide bonds. The van der Waals surface area contributed by atoms with Crippen molar-refractivity contribution in [2.24, 2.45) is 0 Å². The number of amides is 1. The van der Waals surface area contributed by atoms with Gasteiger partial charge >= 0.3 is 5.97 Å².